The van der Waals surface area contributed by atoms with Crippen LogP contribution in [0.2, 0.25) is 0 Å². The van der Waals surface area contributed by atoms with Crippen LogP contribution in [0.4, 0.5) is 0 Å². The largest absolute Gasteiger partial charge is 0.465 e. The molecule has 0 bridgehead atoms. The average molecular weight is 273 g/mol. The zero-order valence-electron chi connectivity index (χ0n) is 10.1. The maximum Gasteiger partial charge on any atom is 0.337 e. The zero-order valence-corrected chi connectivity index (χ0v) is 10.9. The fourth-order valence-corrected chi connectivity index (χ4v) is 2.39. The van der Waals surface area contributed by atoms with Gasteiger partial charge in [0.15, 0.2) is 0 Å². The van der Waals surface area contributed by atoms with Crippen molar-refractivity contribution in [3.05, 3.63) is 29.8 Å². The second-order valence-corrected chi connectivity index (χ2v) is 5.49. The molecule has 0 aliphatic heterocycles. The van der Waals surface area contributed by atoms with E-state index in [4.69, 9.17) is 5.11 Å². The van der Waals surface area contributed by atoms with Crippen molar-refractivity contribution in [2.45, 2.75) is 17.9 Å². The molecular formula is C11H15NO5S. The summed E-state index contributed by atoms with van der Waals surface area (Å²) >= 11 is 0. The first-order valence-electron chi connectivity index (χ1n) is 5.23. The van der Waals surface area contributed by atoms with Crippen molar-refractivity contribution in [1.29, 1.82) is 0 Å². The summed E-state index contributed by atoms with van der Waals surface area (Å²) in [5.74, 6) is -0.609. The molecule has 100 valence electrons. The van der Waals surface area contributed by atoms with Crippen molar-refractivity contribution < 1.29 is 23.1 Å². The van der Waals surface area contributed by atoms with E-state index >= 15 is 0 Å². The van der Waals surface area contributed by atoms with E-state index in [0.29, 0.717) is 0 Å². The van der Waals surface area contributed by atoms with Gasteiger partial charge in [0.05, 0.1) is 23.7 Å². The van der Waals surface area contributed by atoms with E-state index in [2.05, 4.69) is 9.46 Å². The third-order valence-electron chi connectivity index (χ3n) is 2.13. The fourth-order valence-electron chi connectivity index (χ4n) is 1.22. The number of hydrogen-bond donors (Lipinski definition) is 2. The molecule has 1 aromatic rings. The van der Waals surface area contributed by atoms with Crippen molar-refractivity contribution in [2.24, 2.45) is 0 Å². The number of carbonyl (C=O) groups excluding carboxylic acids is 1. The van der Waals surface area contributed by atoms with Crippen LogP contribution in [0.3, 0.4) is 0 Å². The highest BCUT2D eigenvalue weighted by molar-refractivity contribution is 7.89. The molecule has 0 aliphatic carbocycles. The molecule has 0 aromatic heterocycles. The maximum atomic E-state index is 11.8. The Morgan fingerprint density at radius 1 is 1.50 bits per heavy atom. The summed E-state index contributed by atoms with van der Waals surface area (Å²) < 4.78 is 30.4. The second kappa shape index (κ2) is 5.94. The van der Waals surface area contributed by atoms with Crippen molar-refractivity contribution in [3.63, 3.8) is 0 Å². The summed E-state index contributed by atoms with van der Waals surface area (Å²) in [6.07, 6.45) is -0.788. The molecule has 2 N–H and O–H groups in total. The Kier molecular flexibility index (Phi) is 4.83. The Bertz CT molecular complexity index is 524. The van der Waals surface area contributed by atoms with Crippen LogP contribution in [-0.4, -0.2) is 39.3 Å². The number of hydrogen-bond acceptors (Lipinski definition) is 5. The Morgan fingerprint density at radius 2 is 2.17 bits per heavy atom. The fraction of sp³-hybridized carbons (Fsp3) is 0.364. The van der Waals surface area contributed by atoms with E-state index in [-0.39, 0.29) is 17.0 Å². The van der Waals surface area contributed by atoms with E-state index in [0.717, 1.165) is 0 Å². The first-order chi connectivity index (χ1) is 8.36. The van der Waals surface area contributed by atoms with Crippen LogP contribution in [-0.2, 0) is 14.8 Å². The summed E-state index contributed by atoms with van der Waals surface area (Å²) in [7, 11) is -2.52. The van der Waals surface area contributed by atoms with Crippen LogP contribution in [0.25, 0.3) is 0 Å². The molecule has 0 fully saturated rings. The first kappa shape index (κ1) is 14.6. The van der Waals surface area contributed by atoms with Crippen molar-refractivity contribution in [2.75, 3.05) is 13.7 Å². The van der Waals surface area contributed by atoms with Gasteiger partial charge >= 0.3 is 5.97 Å². The van der Waals surface area contributed by atoms with E-state index in [1.165, 1.54) is 38.3 Å². The average Bonchev–Trinajstić information content (AvgIpc) is 2.35. The number of aliphatic hydroxyl groups excluding tert-OH is 1. The predicted molar refractivity (Wildman–Crippen MR) is 64.7 cm³/mol. The number of sulfonamides is 1. The quantitative estimate of drug-likeness (QED) is 0.744. The van der Waals surface area contributed by atoms with Crippen LogP contribution in [0.15, 0.2) is 29.2 Å². The van der Waals surface area contributed by atoms with Crippen LogP contribution in [0, 0.1) is 0 Å². The molecule has 1 rings (SSSR count). The third-order valence-corrected chi connectivity index (χ3v) is 3.56. The smallest absolute Gasteiger partial charge is 0.337 e. The van der Waals surface area contributed by atoms with Gasteiger partial charge in [0.2, 0.25) is 10.0 Å². The number of nitrogens with one attached hydrogen (secondary N) is 1. The lowest BCUT2D eigenvalue weighted by Gasteiger charge is -2.09. The van der Waals surface area contributed by atoms with E-state index in [1.54, 1.807) is 0 Å². The molecule has 0 radical (unpaired) electrons. The molecule has 0 aliphatic rings. The molecule has 0 spiro atoms. The first-order valence-corrected chi connectivity index (χ1v) is 6.71. The van der Waals surface area contributed by atoms with E-state index in [1.807, 2.05) is 0 Å². The van der Waals surface area contributed by atoms with Crippen LogP contribution in [0.1, 0.15) is 17.3 Å². The molecule has 6 nitrogen and oxygen atoms in total. The lowest BCUT2D eigenvalue weighted by molar-refractivity contribution is 0.0600. The Hall–Kier alpha value is -1.44. The second-order valence-electron chi connectivity index (χ2n) is 3.72. The Labute approximate surface area is 106 Å². The summed E-state index contributed by atoms with van der Waals surface area (Å²) in [5, 5.41) is 9.04. The Balaban J connectivity index is 2.99. The van der Waals surface area contributed by atoms with E-state index in [9.17, 15) is 13.2 Å². The summed E-state index contributed by atoms with van der Waals surface area (Å²) in [6.45, 7) is 1.37. The van der Waals surface area contributed by atoms with Gasteiger partial charge < -0.3 is 9.84 Å². The zero-order chi connectivity index (χ0) is 13.8. The lowest BCUT2D eigenvalue weighted by Crippen LogP contribution is -2.30. The molecule has 18 heavy (non-hydrogen) atoms. The van der Waals surface area contributed by atoms with Crippen molar-refractivity contribution >= 4 is 16.0 Å². The topological polar surface area (TPSA) is 92.7 Å². The van der Waals surface area contributed by atoms with Crippen molar-refractivity contribution in [1.82, 2.24) is 4.72 Å². The summed E-state index contributed by atoms with van der Waals surface area (Å²) in [4.78, 5) is 11.2. The van der Waals surface area contributed by atoms with Crippen LogP contribution < -0.4 is 4.72 Å². The monoisotopic (exact) mass is 273 g/mol. The maximum absolute atomic E-state index is 11.8. The number of esters is 1. The van der Waals surface area contributed by atoms with Gasteiger partial charge in [0.1, 0.15) is 0 Å². The number of aliphatic hydroxyl groups is 1. The lowest BCUT2D eigenvalue weighted by atomic mass is 10.2. The molecule has 0 heterocycles. The highest BCUT2D eigenvalue weighted by Gasteiger charge is 2.16. The van der Waals surface area contributed by atoms with Gasteiger partial charge in [-0.1, -0.05) is 6.07 Å². The van der Waals surface area contributed by atoms with Gasteiger partial charge in [-0.25, -0.2) is 17.9 Å². The summed E-state index contributed by atoms with van der Waals surface area (Å²) in [6, 6.07) is 5.48. The molecule has 0 saturated carbocycles. The van der Waals surface area contributed by atoms with Crippen molar-refractivity contribution in [3.8, 4) is 0 Å². The predicted octanol–water partition coefficient (Wildman–Crippen LogP) is 0.132. The minimum Gasteiger partial charge on any atom is -0.465 e. The molecule has 0 saturated heterocycles. The molecule has 7 heteroatoms. The van der Waals surface area contributed by atoms with Gasteiger partial charge in [0, 0.05) is 6.54 Å². The number of methoxy groups -OCH3 is 1. The highest BCUT2D eigenvalue weighted by Crippen LogP contribution is 2.12. The normalized spacial score (nSPS) is 13.1. The number of rotatable bonds is 5. The molecule has 0 unspecified atom stereocenters. The third kappa shape index (κ3) is 3.80. The summed E-state index contributed by atoms with van der Waals surface area (Å²) in [5.41, 5.74) is 0.150. The van der Waals surface area contributed by atoms with Gasteiger partial charge in [0.25, 0.3) is 0 Å². The molecule has 1 atom stereocenters. The van der Waals surface area contributed by atoms with Crippen LogP contribution >= 0.6 is 0 Å². The van der Waals surface area contributed by atoms with E-state index < -0.39 is 22.1 Å². The SMILES string of the molecule is COC(=O)c1cccc(S(=O)(=O)NC[C@@H](C)O)c1. The minimum atomic E-state index is -3.74. The molecule has 1 aromatic carbocycles. The van der Waals surface area contributed by atoms with Crippen LogP contribution in [0.5, 0.6) is 0 Å². The molecular weight excluding hydrogens is 258 g/mol. The minimum absolute atomic E-state index is 0.0500. The van der Waals surface area contributed by atoms with Gasteiger partial charge in [-0.05, 0) is 25.1 Å². The van der Waals surface area contributed by atoms with Gasteiger partial charge in [-0.2, -0.15) is 0 Å². The van der Waals surface area contributed by atoms with Gasteiger partial charge in [-0.15, -0.1) is 0 Å². The standard InChI is InChI=1S/C11H15NO5S/c1-8(13)7-12-18(15,16)10-5-3-4-9(6-10)11(14)17-2/h3-6,8,12-13H,7H2,1-2H3/t8-/m1/s1. The molecule has 0 amide bonds. The number of ether oxygens (including phenoxy) is 1. The Morgan fingerprint density at radius 3 is 2.72 bits per heavy atom. The number of benzene rings is 1. The number of carbonyl (C=O) groups is 1. The van der Waals surface area contributed by atoms with Gasteiger partial charge in [-0.3, -0.25) is 0 Å². The highest BCUT2D eigenvalue weighted by atomic mass is 32.2.